The van der Waals surface area contributed by atoms with Gasteiger partial charge in [-0.3, -0.25) is 14.5 Å². The monoisotopic (exact) mass is 582 g/mol. The minimum Gasteiger partial charge on any atom is -0.352 e. The van der Waals surface area contributed by atoms with E-state index in [1.54, 1.807) is 0 Å². The van der Waals surface area contributed by atoms with E-state index >= 15 is 0 Å². The number of benzene rings is 1. The molecular formula is C31H43BrN4O2. The Labute approximate surface area is 235 Å². The van der Waals surface area contributed by atoms with Crippen LogP contribution < -0.4 is 10.6 Å². The van der Waals surface area contributed by atoms with Crippen molar-refractivity contribution in [3.8, 4) is 0 Å². The molecule has 4 bridgehead atoms. The van der Waals surface area contributed by atoms with Crippen LogP contribution in [0, 0.1) is 23.7 Å². The molecule has 1 unspecified atom stereocenters. The number of piperidine rings is 1. The summed E-state index contributed by atoms with van der Waals surface area (Å²) in [6, 6.07) is 6.99. The van der Waals surface area contributed by atoms with Crippen molar-refractivity contribution in [1.29, 1.82) is 0 Å². The number of piperazine rings is 1. The van der Waals surface area contributed by atoms with Crippen molar-refractivity contribution >= 4 is 27.7 Å². The molecule has 1 spiro atoms. The second-order valence-corrected chi connectivity index (χ2v) is 14.4. The fraction of sp³-hybridized carbons (Fsp3) is 0.742. The highest BCUT2D eigenvalue weighted by molar-refractivity contribution is 9.10. The van der Waals surface area contributed by atoms with E-state index in [0.717, 1.165) is 82.2 Å². The van der Waals surface area contributed by atoms with Crippen LogP contribution >= 0.6 is 15.9 Å². The molecule has 5 aliphatic carbocycles. The summed E-state index contributed by atoms with van der Waals surface area (Å²) < 4.78 is 1.19. The minimum absolute atomic E-state index is 0.109. The average molecular weight is 584 g/mol. The van der Waals surface area contributed by atoms with Crippen molar-refractivity contribution in [2.45, 2.75) is 75.2 Å². The minimum atomic E-state index is 0.109. The van der Waals surface area contributed by atoms with Gasteiger partial charge in [0.15, 0.2) is 0 Å². The first-order valence-corrected chi connectivity index (χ1v) is 16.1. The van der Waals surface area contributed by atoms with Gasteiger partial charge in [0.05, 0.1) is 6.54 Å². The molecule has 1 atom stereocenters. The maximum absolute atomic E-state index is 13.2. The Morgan fingerprint density at radius 3 is 2.34 bits per heavy atom. The second-order valence-electron chi connectivity index (χ2n) is 13.5. The average Bonchev–Trinajstić information content (AvgIpc) is 3.21. The zero-order valence-corrected chi connectivity index (χ0v) is 24.2. The van der Waals surface area contributed by atoms with Crippen LogP contribution in [0.4, 0.5) is 0 Å². The number of hydrogen-bond acceptors (Lipinski definition) is 4. The normalized spacial score (nSPS) is 35.4. The van der Waals surface area contributed by atoms with Crippen LogP contribution in [-0.4, -0.2) is 73.5 Å². The van der Waals surface area contributed by atoms with Crippen LogP contribution in [0.15, 0.2) is 22.7 Å². The van der Waals surface area contributed by atoms with Gasteiger partial charge in [-0.15, -0.1) is 0 Å². The Morgan fingerprint density at radius 1 is 0.974 bits per heavy atom. The van der Waals surface area contributed by atoms with Gasteiger partial charge in [0.25, 0.3) is 0 Å². The maximum atomic E-state index is 13.2. The summed E-state index contributed by atoms with van der Waals surface area (Å²) in [6.45, 7) is 5.88. The van der Waals surface area contributed by atoms with Crippen molar-refractivity contribution in [1.82, 2.24) is 20.4 Å². The summed E-state index contributed by atoms with van der Waals surface area (Å²) in [5, 5.41) is 6.87. The summed E-state index contributed by atoms with van der Waals surface area (Å²) >= 11 is 3.89. The summed E-state index contributed by atoms with van der Waals surface area (Å²) in [7, 11) is 0. The third-order valence-electron chi connectivity index (χ3n) is 11.3. The Balaban J connectivity index is 0.983. The van der Waals surface area contributed by atoms with Gasteiger partial charge < -0.3 is 15.5 Å². The highest BCUT2D eigenvalue weighted by Crippen LogP contribution is 2.55. The standard InChI is InChI=1S/C31H43BrN4O2/c32-26-3-1-2-25-24(17-28(38)36-10-6-33-7-11-36)18-31(29(25)26)4-8-35(9-5-31)19-27(37)34-30-22-13-20-12-21(15-22)16-23(30)14-20/h1-3,20-24,30,33H,4-19H2,(H,34,37). The quantitative estimate of drug-likeness (QED) is 0.550. The van der Waals surface area contributed by atoms with Gasteiger partial charge in [-0.1, -0.05) is 28.1 Å². The lowest BCUT2D eigenvalue weighted by atomic mass is 9.54. The fourth-order valence-corrected chi connectivity index (χ4v) is 10.6. The predicted octanol–water partition coefficient (Wildman–Crippen LogP) is 4.03. The lowest BCUT2D eigenvalue weighted by Crippen LogP contribution is -2.57. The zero-order chi connectivity index (χ0) is 25.9. The fourth-order valence-electron chi connectivity index (χ4n) is 9.75. The van der Waals surface area contributed by atoms with Crippen molar-refractivity contribution < 1.29 is 9.59 Å². The predicted molar refractivity (Wildman–Crippen MR) is 152 cm³/mol. The molecule has 7 heteroatoms. The van der Waals surface area contributed by atoms with E-state index in [-0.39, 0.29) is 17.2 Å². The molecule has 4 saturated carbocycles. The van der Waals surface area contributed by atoms with Crippen LogP contribution in [0.2, 0.25) is 0 Å². The van der Waals surface area contributed by atoms with E-state index in [2.05, 4.69) is 49.7 Å². The van der Waals surface area contributed by atoms with Crippen molar-refractivity contribution in [2.75, 3.05) is 45.8 Å². The largest absolute Gasteiger partial charge is 0.352 e. The Morgan fingerprint density at radius 2 is 1.66 bits per heavy atom. The molecular weight excluding hydrogens is 540 g/mol. The van der Waals surface area contributed by atoms with Crippen LogP contribution in [0.3, 0.4) is 0 Å². The number of carbonyl (C=O) groups excluding carboxylic acids is 2. The summed E-state index contributed by atoms with van der Waals surface area (Å²) in [6.07, 6.45) is 10.6. The molecule has 7 aliphatic rings. The van der Waals surface area contributed by atoms with Crippen LogP contribution in [0.1, 0.15) is 74.8 Å². The van der Waals surface area contributed by atoms with E-state index in [1.807, 2.05) is 4.90 Å². The molecule has 8 rings (SSSR count). The number of amides is 2. The number of halogens is 1. The topological polar surface area (TPSA) is 64.7 Å². The first-order valence-electron chi connectivity index (χ1n) is 15.3. The molecule has 2 saturated heterocycles. The molecule has 1 aromatic carbocycles. The van der Waals surface area contributed by atoms with Gasteiger partial charge in [-0.05, 0) is 117 Å². The molecule has 6 fully saturated rings. The second kappa shape index (κ2) is 10.2. The third kappa shape index (κ3) is 4.64. The lowest BCUT2D eigenvalue weighted by molar-refractivity contribution is -0.132. The molecule has 2 aliphatic heterocycles. The van der Waals surface area contributed by atoms with Gasteiger partial charge in [0.1, 0.15) is 0 Å². The first kappa shape index (κ1) is 25.5. The number of rotatable bonds is 5. The SMILES string of the molecule is O=C(CN1CCC2(CC1)CC(CC(=O)N1CCNCC1)c1cccc(Br)c12)NC1C2CC3CC(C2)CC1C3. The van der Waals surface area contributed by atoms with Gasteiger partial charge in [0.2, 0.25) is 11.8 Å². The number of fused-ring (bicyclic) bond motifs is 2. The number of nitrogens with one attached hydrogen (secondary N) is 2. The van der Waals surface area contributed by atoms with E-state index in [0.29, 0.717) is 24.9 Å². The lowest BCUT2D eigenvalue weighted by Gasteiger charge is -2.54. The molecule has 0 aromatic heterocycles. The van der Waals surface area contributed by atoms with Crippen LogP contribution in [0.5, 0.6) is 0 Å². The van der Waals surface area contributed by atoms with E-state index in [1.165, 1.54) is 47.7 Å². The zero-order valence-electron chi connectivity index (χ0n) is 22.6. The van der Waals surface area contributed by atoms with Gasteiger partial charge in [-0.2, -0.15) is 0 Å². The molecule has 38 heavy (non-hydrogen) atoms. The third-order valence-corrected chi connectivity index (χ3v) is 11.9. The highest BCUT2D eigenvalue weighted by Gasteiger charge is 2.49. The molecule has 2 amide bonds. The number of nitrogens with zero attached hydrogens (tertiary/aromatic N) is 2. The van der Waals surface area contributed by atoms with Gasteiger partial charge in [-0.25, -0.2) is 0 Å². The Bertz CT molecular complexity index is 1050. The molecule has 2 heterocycles. The van der Waals surface area contributed by atoms with Crippen LogP contribution in [0.25, 0.3) is 0 Å². The van der Waals surface area contributed by atoms with E-state index < -0.39 is 0 Å². The smallest absolute Gasteiger partial charge is 0.234 e. The van der Waals surface area contributed by atoms with E-state index in [4.69, 9.17) is 0 Å². The van der Waals surface area contributed by atoms with Crippen molar-refractivity contribution in [3.63, 3.8) is 0 Å². The van der Waals surface area contributed by atoms with Crippen molar-refractivity contribution in [3.05, 3.63) is 33.8 Å². The highest BCUT2D eigenvalue weighted by atomic mass is 79.9. The van der Waals surface area contributed by atoms with Gasteiger partial charge in [0, 0.05) is 43.1 Å². The molecule has 2 N–H and O–H groups in total. The maximum Gasteiger partial charge on any atom is 0.234 e. The van der Waals surface area contributed by atoms with Crippen LogP contribution in [-0.2, 0) is 15.0 Å². The number of hydrogen-bond donors (Lipinski definition) is 2. The molecule has 206 valence electrons. The number of likely N-dealkylation sites (tertiary alicyclic amines) is 1. The summed E-state index contributed by atoms with van der Waals surface area (Å²) in [5.74, 6) is 4.17. The molecule has 6 nitrogen and oxygen atoms in total. The Hall–Kier alpha value is -1.44. The summed E-state index contributed by atoms with van der Waals surface area (Å²) in [5.41, 5.74) is 2.92. The Kier molecular flexibility index (Phi) is 6.84. The summed E-state index contributed by atoms with van der Waals surface area (Å²) in [4.78, 5) is 30.8. The first-order chi connectivity index (χ1) is 18.5. The van der Waals surface area contributed by atoms with Gasteiger partial charge >= 0.3 is 0 Å². The van der Waals surface area contributed by atoms with E-state index in [9.17, 15) is 9.59 Å². The van der Waals surface area contributed by atoms with Crippen molar-refractivity contribution in [2.24, 2.45) is 23.7 Å². The number of carbonyl (C=O) groups is 2. The molecule has 1 aromatic rings. The molecule has 0 radical (unpaired) electrons.